The summed E-state index contributed by atoms with van der Waals surface area (Å²) in [4.78, 5) is 0. The third-order valence-electron chi connectivity index (χ3n) is 2.70. The van der Waals surface area contributed by atoms with E-state index in [0.29, 0.717) is 11.3 Å². The molecule has 1 aromatic carbocycles. The third-order valence-corrected chi connectivity index (χ3v) is 2.70. The zero-order valence-corrected chi connectivity index (χ0v) is 10.0. The lowest BCUT2D eigenvalue weighted by Gasteiger charge is -2.03. The van der Waals surface area contributed by atoms with Crippen molar-refractivity contribution in [2.24, 2.45) is 0 Å². The molecule has 0 N–H and O–H groups in total. The Balaban J connectivity index is 2.76. The standard InChI is InChI=1S/C14H10N2O2/c1-9-11-5-3-4-6-12(11)18-13(9)14(17-2)10(7-15)8-16/h3-6H,1-2H3. The Kier molecular flexibility index (Phi) is 3.03. The molecule has 4 nitrogen and oxygen atoms in total. The number of methoxy groups -OCH3 is 1. The fourth-order valence-corrected chi connectivity index (χ4v) is 1.83. The molecule has 0 unspecified atom stereocenters. The first kappa shape index (κ1) is 11.8. The number of nitriles is 2. The van der Waals surface area contributed by atoms with E-state index in [1.54, 1.807) is 12.1 Å². The molecule has 1 aromatic heterocycles. The van der Waals surface area contributed by atoms with Crippen molar-refractivity contribution in [3.63, 3.8) is 0 Å². The lowest BCUT2D eigenvalue weighted by Crippen LogP contribution is -1.92. The molecule has 18 heavy (non-hydrogen) atoms. The van der Waals surface area contributed by atoms with Crippen LogP contribution in [0, 0.1) is 29.6 Å². The van der Waals surface area contributed by atoms with Gasteiger partial charge in [0.15, 0.2) is 17.1 Å². The van der Waals surface area contributed by atoms with Crippen LogP contribution in [0.2, 0.25) is 0 Å². The van der Waals surface area contributed by atoms with Gasteiger partial charge in [0.25, 0.3) is 0 Å². The first-order chi connectivity index (χ1) is 8.72. The summed E-state index contributed by atoms with van der Waals surface area (Å²) in [5.74, 6) is 0.602. The maximum absolute atomic E-state index is 8.90. The second-order valence-corrected chi connectivity index (χ2v) is 3.68. The molecule has 0 spiro atoms. The van der Waals surface area contributed by atoms with Crippen LogP contribution in [-0.2, 0) is 4.74 Å². The van der Waals surface area contributed by atoms with E-state index in [4.69, 9.17) is 19.7 Å². The maximum Gasteiger partial charge on any atom is 0.190 e. The summed E-state index contributed by atoms with van der Waals surface area (Å²) in [7, 11) is 1.41. The Morgan fingerprint density at radius 2 is 1.89 bits per heavy atom. The van der Waals surface area contributed by atoms with E-state index in [2.05, 4.69) is 0 Å². The van der Waals surface area contributed by atoms with Crippen molar-refractivity contribution >= 4 is 16.7 Å². The highest BCUT2D eigenvalue weighted by Crippen LogP contribution is 2.31. The second-order valence-electron chi connectivity index (χ2n) is 3.68. The number of allylic oxidation sites excluding steroid dienone is 1. The smallest absolute Gasteiger partial charge is 0.190 e. The number of para-hydroxylation sites is 1. The molecule has 2 aromatic rings. The molecule has 0 atom stereocenters. The topological polar surface area (TPSA) is 69.9 Å². The number of nitrogens with zero attached hydrogens (tertiary/aromatic N) is 2. The number of fused-ring (bicyclic) bond motifs is 1. The van der Waals surface area contributed by atoms with Gasteiger partial charge in [0.05, 0.1) is 7.11 Å². The van der Waals surface area contributed by atoms with E-state index < -0.39 is 0 Å². The summed E-state index contributed by atoms with van der Waals surface area (Å²) in [6, 6.07) is 11.1. The largest absolute Gasteiger partial charge is 0.491 e. The van der Waals surface area contributed by atoms with E-state index in [1.165, 1.54) is 7.11 Å². The highest BCUT2D eigenvalue weighted by atomic mass is 16.5. The summed E-state index contributed by atoms with van der Waals surface area (Å²) in [5, 5.41) is 18.7. The SMILES string of the molecule is COC(=C(C#N)C#N)c1oc2ccccc2c1C. The summed E-state index contributed by atoms with van der Waals surface area (Å²) < 4.78 is 10.8. The van der Waals surface area contributed by atoms with Crippen molar-refractivity contribution < 1.29 is 9.15 Å². The molecule has 0 aliphatic heterocycles. The minimum absolute atomic E-state index is 0.0975. The molecule has 0 saturated carbocycles. The van der Waals surface area contributed by atoms with Crippen LogP contribution < -0.4 is 0 Å². The van der Waals surface area contributed by atoms with Crippen molar-refractivity contribution in [1.29, 1.82) is 10.5 Å². The van der Waals surface area contributed by atoms with Crippen LogP contribution in [0.15, 0.2) is 34.3 Å². The molecule has 0 aliphatic rings. The van der Waals surface area contributed by atoms with Gasteiger partial charge in [-0.1, -0.05) is 18.2 Å². The quantitative estimate of drug-likeness (QED) is 0.595. The molecule has 4 heteroatoms. The number of hydrogen-bond donors (Lipinski definition) is 0. The van der Waals surface area contributed by atoms with Crippen LogP contribution in [0.1, 0.15) is 11.3 Å². The van der Waals surface area contributed by atoms with Gasteiger partial charge in [-0.05, 0) is 13.0 Å². The Labute approximate surface area is 104 Å². The van der Waals surface area contributed by atoms with E-state index in [1.807, 2.05) is 31.2 Å². The first-order valence-corrected chi connectivity index (χ1v) is 5.30. The molecule has 0 amide bonds. The molecule has 0 saturated heterocycles. The average molecular weight is 238 g/mol. The average Bonchev–Trinajstić information content (AvgIpc) is 2.74. The van der Waals surface area contributed by atoms with Gasteiger partial charge in [-0.25, -0.2) is 0 Å². The Morgan fingerprint density at radius 1 is 1.22 bits per heavy atom. The van der Waals surface area contributed by atoms with Crippen LogP contribution in [0.3, 0.4) is 0 Å². The number of hydrogen-bond acceptors (Lipinski definition) is 4. The zero-order chi connectivity index (χ0) is 13.1. The Morgan fingerprint density at radius 3 is 2.44 bits per heavy atom. The van der Waals surface area contributed by atoms with E-state index in [9.17, 15) is 0 Å². The van der Waals surface area contributed by atoms with Gasteiger partial charge >= 0.3 is 0 Å². The Bertz CT molecular complexity index is 695. The molecule has 2 rings (SSSR count). The molecule has 0 aliphatic carbocycles. The maximum atomic E-state index is 8.90. The minimum atomic E-state index is -0.0975. The number of rotatable bonds is 2. The number of ether oxygens (including phenoxy) is 1. The number of benzene rings is 1. The zero-order valence-electron chi connectivity index (χ0n) is 10.0. The van der Waals surface area contributed by atoms with Crippen LogP contribution in [0.5, 0.6) is 0 Å². The molecule has 0 bridgehead atoms. The van der Waals surface area contributed by atoms with Gasteiger partial charge in [0.2, 0.25) is 0 Å². The first-order valence-electron chi connectivity index (χ1n) is 5.30. The Hall–Kier alpha value is -2.72. The van der Waals surface area contributed by atoms with Gasteiger partial charge in [-0.3, -0.25) is 0 Å². The summed E-state index contributed by atoms with van der Waals surface area (Å²) in [6.45, 7) is 1.87. The van der Waals surface area contributed by atoms with Crippen molar-refractivity contribution in [3.05, 3.63) is 41.2 Å². The number of furan rings is 1. The van der Waals surface area contributed by atoms with Gasteiger partial charge in [0.1, 0.15) is 17.7 Å². The van der Waals surface area contributed by atoms with Crippen molar-refractivity contribution in [1.82, 2.24) is 0 Å². The lowest BCUT2D eigenvalue weighted by atomic mass is 10.1. The molecule has 1 heterocycles. The van der Waals surface area contributed by atoms with Crippen LogP contribution in [0.4, 0.5) is 0 Å². The van der Waals surface area contributed by atoms with Gasteiger partial charge in [-0.15, -0.1) is 0 Å². The fourth-order valence-electron chi connectivity index (χ4n) is 1.83. The van der Waals surface area contributed by atoms with E-state index in [0.717, 1.165) is 10.9 Å². The van der Waals surface area contributed by atoms with E-state index in [-0.39, 0.29) is 11.3 Å². The fraction of sp³-hybridized carbons (Fsp3) is 0.143. The van der Waals surface area contributed by atoms with E-state index >= 15 is 0 Å². The number of aryl methyl sites for hydroxylation is 1. The predicted octanol–water partition coefficient (Wildman–Crippen LogP) is 3.15. The van der Waals surface area contributed by atoms with Gasteiger partial charge in [-0.2, -0.15) is 10.5 Å². The summed E-state index contributed by atoms with van der Waals surface area (Å²) in [6.07, 6.45) is 0. The lowest BCUT2D eigenvalue weighted by molar-refractivity contribution is 0.353. The molecule has 0 radical (unpaired) electrons. The van der Waals surface area contributed by atoms with Crippen LogP contribution in [-0.4, -0.2) is 7.11 Å². The second kappa shape index (κ2) is 4.65. The highest BCUT2D eigenvalue weighted by Gasteiger charge is 2.18. The van der Waals surface area contributed by atoms with Crippen LogP contribution in [0.25, 0.3) is 16.7 Å². The molecular weight excluding hydrogens is 228 g/mol. The molecule has 0 fully saturated rings. The van der Waals surface area contributed by atoms with Crippen molar-refractivity contribution in [2.75, 3.05) is 7.11 Å². The monoisotopic (exact) mass is 238 g/mol. The highest BCUT2D eigenvalue weighted by molar-refractivity contribution is 5.86. The van der Waals surface area contributed by atoms with Gasteiger partial charge < -0.3 is 9.15 Å². The summed E-state index contributed by atoms with van der Waals surface area (Å²) in [5.41, 5.74) is 1.46. The van der Waals surface area contributed by atoms with Crippen molar-refractivity contribution in [2.45, 2.75) is 6.92 Å². The molecule has 88 valence electrons. The molecular formula is C14H10N2O2. The third kappa shape index (κ3) is 1.70. The van der Waals surface area contributed by atoms with Crippen LogP contribution >= 0.6 is 0 Å². The summed E-state index contributed by atoms with van der Waals surface area (Å²) >= 11 is 0. The predicted molar refractivity (Wildman–Crippen MR) is 66.1 cm³/mol. The normalized spacial score (nSPS) is 9.56. The van der Waals surface area contributed by atoms with Crippen molar-refractivity contribution in [3.8, 4) is 12.1 Å². The van der Waals surface area contributed by atoms with Gasteiger partial charge in [0, 0.05) is 10.9 Å². The minimum Gasteiger partial charge on any atom is -0.491 e.